The molecule has 21 heavy (non-hydrogen) atoms. The highest BCUT2D eigenvalue weighted by atomic mass is 32.1. The van der Waals surface area contributed by atoms with Crippen LogP contribution in [0, 0.1) is 6.92 Å². The van der Waals surface area contributed by atoms with Gasteiger partial charge in [-0.15, -0.1) is 11.3 Å². The van der Waals surface area contributed by atoms with Gasteiger partial charge in [-0.05, 0) is 25.3 Å². The van der Waals surface area contributed by atoms with Gasteiger partial charge in [0.25, 0.3) is 5.89 Å². The third-order valence-corrected chi connectivity index (χ3v) is 4.58. The Morgan fingerprint density at radius 1 is 1.10 bits per heavy atom. The van der Waals surface area contributed by atoms with Crippen molar-refractivity contribution in [2.75, 3.05) is 0 Å². The fourth-order valence-electron chi connectivity index (χ4n) is 2.15. The van der Waals surface area contributed by atoms with Crippen LogP contribution in [0.4, 0.5) is 0 Å². The highest BCUT2D eigenvalue weighted by Crippen LogP contribution is 2.28. The average Bonchev–Trinajstić information content (AvgIpc) is 3.12. The quantitative estimate of drug-likeness (QED) is 0.718. The van der Waals surface area contributed by atoms with E-state index in [-0.39, 0.29) is 0 Å². The summed E-state index contributed by atoms with van der Waals surface area (Å²) >= 11 is 1.63. The summed E-state index contributed by atoms with van der Waals surface area (Å²) in [6, 6.07) is 10.3. The predicted molar refractivity (Wildman–Crippen MR) is 83.4 cm³/mol. The highest BCUT2D eigenvalue weighted by molar-refractivity contribution is 7.15. The van der Waals surface area contributed by atoms with Crippen molar-refractivity contribution in [2.24, 2.45) is 0 Å². The van der Waals surface area contributed by atoms with Crippen LogP contribution in [0.25, 0.3) is 10.8 Å². The molecular formula is C16H17N3OS. The van der Waals surface area contributed by atoms with Crippen molar-refractivity contribution >= 4 is 11.3 Å². The van der Waals surface area contributed by atoms with Gasteiger partial charge >= 0.3 is 0 Å². The van der Waals surface area contributed by atoms with Crippen molar-refractivity contribution in [3.8, 4) is 10.8 Å². The summed E-state index contributed by atoms with van der Waals surface area (Å²) in [6.07, 6.45) is 2.63. The van der Waals surface area contributed by atoms with Crippen LogP contribution >= 0.6 is 11.3 Å². The van der Waals surface area contributed by atoms with Crippen molar-refractivity contribution in [1.82, 2.24) is 15.1 Å². The molecular weight excluding hydrogens is 282 g/mol. The first-order chi connectivity index (χ1) is 10.3. The molecule has 0 aliphatic rings. The largest absolute Gasteiger partial charge is 0.333 e. The summed E-state index contributed by atoms with van der Waals surface area (Å²) in [7, 11) is 0. The monoisotopic (exact) mass is 299 g/mol. The number of aromatic nitrogens is 3. The Hall–Kier alpha value is -2.01. The van der Waals surface area contributed by atoms with Crippen molar-refractivity contribution in [3.05, 3.63) is 52.4 Å². The number of rotatable bonds is 5. The van der Waals surface area contributed by atoms with E-state index in [1.54, 1.807) is 11.3 Å². The maximum atomic E-state index is 5.39. The van der Waals surface area contributed by atoms with E-state index in [2.05, 4.69) is 34.2 Å². The van der Waals surface area contributed by atoms with E-state index in [0.29, 0.717) is 5.89 Å². The van der Waals surface area contributed by atoms with Gasteiger partial charge in [0, 0.05) is 6.42 Å². The summed E-state index contributed by atoms with van der Waals surface area (Å²) in [6.45, 7) is 4.08. The molecule has 0 N–H and O–H groups in total. The zero-order valence-electron chi connectivity index (χ0n) is 12.2. The van der Waals surface area contributed by atoms with Gasteiger partial charge in [-0.25, -0.2) is 4.98 Å². The van der Waals surface area contributed by atoms with E-state index in [9.17, 15) is 0 Å². The molecule has 0 fully saturated rings. The molecule has 0 atom stereocenters. The maximum Gasteiger partial charge on any atom is 0.269 e. The Morgan fingerprint density at radius 2 is 1.90 bits per heavy atom. The third-order valence-electron chi connectivity index (χ3n) is 3.29. The van der Waals surface area contributed by atoms with Crippen LogP contribution in [0.1, 0.15) is 29.0 Å². The first-order valence-corrected chi connectivity index (χ1v) is 7.91. The van der Waals surface area contributed by atoms with Crippen LogP contribution in [0.5, 0.6) is 0 Å². The molecule has 0 saturated carbocycles. The molecule has 0 aliphatic carbocycles. The zero-order valence-corrected chi connectivity index (χ0v) is 13.0. The van der Waals surface area contributed by atoms with Crippen LogP contribution < -0.4 is 0 Å². The smallest absolute Gasteiger partial charge is 0.269 e. The van der Waals surface area contributed by atoms with E-state index in [4.69, 9.17) is 4.52 Å². The topological polar surface area (TPSA) is 51.8 Å². The minimum absolute atomic E-state index is 0.591. The van der Waals surface area contributed by atoms with Crippen LogP contribution in [-0.2, 0) is 19.3 Å². The molecule has 0 bridgehead atoms. The first-order valence-electron chi connectivity index (χ1n) is 7.09. The SMILES string of the molecule is CCc1nc(C)c(-c2nc(CCc3ccccc3)no2)s1. The molecule has 0 spiro atoms. The molecule has 0 aliphatic heterocycles. The Morgan fingerprint density at radius 3 is 2.62 bits per heavy atom. The fourth-order valence-corrected chi connectivity index (χ4v) is 3.08. The number of thiazole rings is 1. The van der Waals surface area contributed by atoms with E-state index >= 15 is 0 Å². The van der Waals surface area contributed by atoms with E-state index in [1.807, 2.05) is 25.1 Å². The van der Waals surface area contributed by atoms with Gasteiger partial charge in [0.15, 0.2) is 5.82 Å². The number of hydrogen-bond acceptors (Lipinski definition) is 5. The second-order valence-electron chi connectivity index (χ2n) is 4.88. The Bertz CT molecular complexity index is 718. The van der Waals surface area contributed by atoms with Gasteiger partial charge < -0.3 is 4.52 Å². The minimum atomic E-state index is 0.591. The third kappa shape index (κ3) is 3.19. The number of hydrogen-bond donors (Lipinski definition) is 0. The molecule has 5 heteroatoms. The molecule has 0 unspecified atom stereocenters. The molecule has 108 valence electrons. The van der Waals surface area contributed by atoms with Gasteiger partial charge in [-0.3, -0.25) is 0 Å². The zero-order chi connectivity index (χ0) is 14.7. The molecule has 3 rings (SSSR count). The molecule has 4 nitrogen and oxygen atoms in total. The lowest BCUT2D eigenvalue weighted by Gasteiger charge is -1.96. The van der Waals surface area contributed by atoms with Crippen LogP contribution in [-0.4, -0.2) is 15.1 Å². The van der Waals surface area contributed by atoms with Gasteiger partial charge in [0.1, 0.15) is 4.88 Å². The highest BCUT2D eigenvalue weighted by Gasteiger charge is 2.15. The summed E-state index contributed by atoms with van der Waals surface area (Å²) in [5.74, 6) is 1.34. The lowest BCUT2D eigenvalue weighted by atomic mass is 10.1. The van der Waals surface area contributed by atoms with Crippen LogP contribution in [0.3, 0.4) is 0 Å². The second-order valence-corrected chi connectivity index (χ2v) is 5.96. The fraction of sp³-hybridized carbons (Fsp3) is 0.312. The maximum absolute atomic E-state index is 5.39. The molecule has 1 aromatic carbocycles. The molecule has 3 aromatic rings. The lowest BCUT2D eigenvalue weighted by Crippen LogP contribution is -1.93. The van der Waals surface area contributed by atoms with Crippen molar-refractivity contribution < 1.29 is 4.52 Å². The Balaban J connectivity index is 1.72. The van der Waals surface area contributed by atoms with E-state index < -0.39 is 0 Å². The van der Waals surface area contributed by atoms with E-state index in [1.165, 1.54) is 5.56 Å². The van der Waals surface area contributed by atoms with Gasteiger partial charge in [0.05, 0.1) is 10.7 Å². The lowest BCUT2D eigenvalue weighted by molar-refractivity contribution is 0.423. The van der Waals surface area contributed by atoms with Gasteiger partial charge in [-0.2, -0.15) is 4.98 Å². The average molecular weight is 299 g/mol. The summed E-state index contributed by atoms with van der Waals surface area (Å²) in [4.78, 5) is 9.99. The van der Waals surface area contributed by atoms with Crippen molar-refractivity contribution in [2.45, 2.75) is 33.1 Å². The van der Waals surface area contributed by atoms with Gasteiger partial charge in [0.2, 0.25) is 0 Å². The first kappa shape index (κ1) is 13.9. The molecule has 0 amide bonds. The van der Waals surface area contributed by atoms with Crippen molar-refractivity contribution in [1.29, 1.82) is 0 Å². The number of nitrogens with zero attached hydrogens (tertiary/aromatic N) is 3. The van der Waals surface area contributed by atoms with Gasteiger partial charge in [-0.1, -0.05) is 42.4 Å². The summed E-state index contributed by atoms with van der Waals surface area (Å²) < 4.78 is 5.39. The summed E-state index contributed by atoms with van der Waals surface area (Å²) in [5.41, 5.74) is 2.25. The van der Waals surface area contributed by atoms with Crippen LogP contribution in [0.15, 0.2) is 34.9 Å². The molecule has 0 radical (unpaired) electrons. The second kappa shape index (κ2) is 6.18. The molecule has 0 saturated heterocycles. The molecule has 2 heterocycles. The van der Waals surface area contributed by atoms with Crippen molar-refractivity contribution in [3.63, 3.8) is 0 Å². The Labute approximate surface area is 127 Å². The van der Waals surface area contributed by atoms with E-state index in [0.717, 1.165) is 40.7 Å². The normalized spacial score (nSPS) is 11.0. The minimum Gasteiger partial charge on any atom is -0.333 e. The van der Waals surface area contributed by atoms with Crippen LogP contribution in [0.2, 0.25) is 0 Å². The number of benzene rings is 1. The molecule has 2 aromatic heterocycles. The number of aryl methyl sites for hydroxylation is 4. The Kier molecular flexibility index (Phi) is 4.10. The summed E-state index contributed by atoms with van der Waals surface area (Å²) in [5, 5.41) is 5.18. The standard InChI is InChI=1S/C16H17N3OS/c1-3-14-17-11(2)15(21-14)16-18-13(19-20-16)10-9-12-7-5-4-6-8-12/h4-8H,3,9-10H2,1-2H3. The predicted octanol–water partition coefficient (Wildman–Crippen LogP) is 3.85.